The number of para-hydroxylation sites is 1. The summed E-state index contributed by atoms with van der Waals surface area (Å²) in [6, 6.07) is 38.8. The van der Waals surface area contributed by atoms with Gasteiger partial charge in [0.1, 0.15) is 0 Å². The van der Waals surface area contributed by atoms with Crippen LogP contribution < -0.4 is 15.9 Å². The molecule has 0 aromatic heterocycles. The largest absolute Gasteiger partial charge is 0.252 e. The topological polar surface area (TPSA) is 12.4 Å². The fourth-order valence-electron chi connectivity index (χ4n) is 3.86. The van der Waals surface area contributed by atoms with Crippen molar-refractivity contribution in [1.82, 2.24) is 0 Å². The zero-order chi connectivity index (χ0) is 20.2. The van der Waals surface area contributed by atoms with Crippen molar-refractivity contribution in [2.75, 3.05) is 0 Å². The molecule has 0 N–H and O–H groups in total. The van der Waals surface area contributed by atoms with Crippen molar-refractivity contribution in [1.29, 1.82) is 0 Å². The smallest absolute Gasteiger partial charge is 0.0716 e. The minimum absolute atomic E-state index is 0.677. The van der Waals surface area contributed by atoms with E-state index in [4.69, 9.17) is 4.99 Å². The predicted molar refractivity (Wildman–Crippen MR) is 131 cm³/mol. The first-order chi connectivity index (χ1) is 14.9. The van der Waals surface area contributed by atoms with Gasteiger partial charge in [-0.15, -0.1) is 0 Å². The van der Waals surface area contributed by atoms with Crippen LogP contribution in [0.5, 0.6) is 0 Å². The molecule has 144 valence electrons. The Kier molecular flexibility index (Phi) is 5.38. The molecule has 0 unspecified atom stereocenters. The molecule has 0 amide bonds. The number of fused-ring (bicyclic) bond motifs is 1. The number of nitrogens with zero attached hydrogens (tertiary/aromatic N) is 1. The molecule has 30 heavy (non-hydrogen) atoms. The van der Waals surface area contributed by atoms with Crippen molar-refractivity contribution >= 4 is 41.3 Å². The maximum absolute atomic E-state index is 5.13. The second-order valence-electron chi connectivity index (χ2n) is 7.31. The summed E-state index contributed by atoms with van der Waals surface area (Å²) in [5, 5.41) is 3.98. The third kappa shape index (κ3) is 3.90. The maximum Gasteiger partial charge on any atom is 0.0716 e. The molecule has 0 aliphatic heterocycles. The Hall–Kier alpha value is -3.28. The third-order valence-corrected chi connectivity index (χ3v) is 7.79. The number of aliphatic imine (C=N–C) groups is 1. The number of allylic oxidation sites excluding steroid dienone is 1. The summed E-state index contributed by atoms with van der Waals surface area (Å²) in [6.07, 6.45) is 5.21. The third-order valence-electron chi connectivity index (χ3n) is 5.30. The molecule has 1 nitrogen and oxygen atoms in total. The normalized spacial score (nSPS) is 14.1. The van der Waals surface area contributed by atoms with Gasteiger partial charge in [-0.3, -0.25) is 4.99 Å². The Morgan fingerprint density at radius 3 is 1.90 bits per heavy atom. The first-order valence-electron chi connectivity index (χ1n) is 10.2. The molecule has 0 radical (unpaired) electrons. The van der Waals surface area contributed by atoms with E-state index in [0.29, 0.717) is 0 Å². The van der Waals surface area contributed by atoms with E-state index in [1.54, 1.807) is 0 Å². The van der Waals surface area contributed by atoms with Gasteiger partial charge in [-0.1, -0.05) is 109 Å². The molecule has 0 fully saturated rings. The molecule has 0 heterocycles. The van der Waals surface area contributed by atoms with Gasteiger partial charge in [-0.25, -0.2) is 0 Å². The second-order valence-corrected chi connectivity index (χ2v) is 9.49. The monoisotopic (exact) mass is 403 g/mol. The van der Waals surface area contributed by atoms with Gasteiger partial charge in [-0.05, 0) is 41.8 Å². The Morgan fingerprint density at radius 1 is 0.567 bits per heavy atom. The molecule has 2 heteroatoms. The summed E-state index contributed by atoms with van der Waals surface area (Å²) >= 11 is 0. The standard InChI is InChI=1S/C28H22NP/c1-3-13-25(14-4-1)30(26-15-5-2-6-16-26)28-18-10-9-17-27(28)29-24-20-19-22-11-7-8-12-23(22)21-24/h1-20H,21H2. The van der Waals surface area contributed by atoms with Crippen LogP contribution in [-0.4, -0.2) is 5.71 Å². The Balaban J connectivity index is 1.60. The molecule has 1 aliphatic carbocycles. The molecule has 0 saturated heterocycles. The molecule has 4 aromatic carbocycles. The van der Waals surface area contributed by atoms with Crippen molar-refractivity contribution < 1.29 is 0 Å². The van der Waals surface area contributed by atoms with E-state index in [9.17, 15) is 0 Å². The lowest BCUT2D eigenvalue weighted by Gasteiger charge is -2.21. The van der Waals surface area contributed by atoms with Gasteiger partial charge in [-0.2, -0.15) is 0 Å². The fourth-order valence-corrected chi connectivity index (χ4v) is 6.24. The van der Waals surface area contributed by atoms with Gasteiger partial charge >= 0.3 is 0 Å². The molecule has 1 aliphatic rings. The van der Waals surface area contributed by atoms with Crippen molar-refractivity contribution in [2.24, 2.45) is 4.99 Å². The molecule has 5 rings (SSSR count). The molecule has 0 atom stereocenters. The first-order valence-corrected chi connectivity index (χ1v) is 11.6. The van der Waals surface area contributed by atoms with Gasteiger partial charge in [0, 0.05) is 17.4 Å². The van der Waals surface area contributed by atoms with Crippen LogP contribution in [0.4, 0.5) is 5.69 Å². The first kappa shape index (κ1) is 18.7. The van der Waals surface area contributed by atoms with Gasteiger partial charge < -0.3 is 0 Å². The fraction of sp³-hybridized carbons (Fsp3) is 0.0357. The Morgan fingerprint density at radius 2 is 1.17 bits per heavy atom. The van der Waals surface area contributed by atoms with E-state index in [-0.39, 0.29) is 0 Å². The summed E-state index contributed by atoms with van der Waals surface area (Å²) < 4.78 is 0. The van der Waals surface area contributed by atoms with E-state index in [1.165, 1.54) is 27.0 Å². The van der Waals surface area contributed by atoms with Crippen LogP contribution in [0.25, 0.3) is 6.08 Å². The van der Waals surface area contributed by atoms with Gasteiger partial charge in [0.25, 0.3) is 0 Å². The zero-order valence-electron chi connectivity index (χ0n) is 16.6. The summed E-state index contributed by atoms with van der Waals surface area (Å²) in [5.74, 6) is 0. The van der Waals surface area contributed by atoms with Crippen molar-refractivity contribution in [3.05, 3.63) is 126 Å². The number of rotatable bonds is 4. The highest BCUT2D eigenvalue weighted by atomic mass is 31.1. The highest BCUT2D eigenvalue weighted by Crippen LogP contribution is 2.36. The minimum atomic E-state index is -0.677. The summed E-state index contributed by atoms with van der Waals surface area (Å²) in [4.78, 5) is 5.13. The predicted octanol–water partition coefficient (Wildman–Crippen LogP) is 5.79. The highest BCUT2D eigenvalue weighted by molar-refractivity contribution is 7.80. The van der Waals surface area contributed by atoms with Crippen LogP contribution in [0.15, 0.2) is 120 Å². The number of hydrogen-bond donors (Lipinski definition) is 0. The maximum atomic E-state index is 5.13. The molecule has 0 spiro atoms. The SMILES string of the molecule is C1=Cc2ccccc2CC1=Nc1ccccc1P(c1ccccc1)c1ccccc1. The van der Waals surface area contributed by atoms with Gasteiger partial charge in [0.05, 0.1) is 5.69 Å². The summed E-state index contributed by atoms with van der Waals surface area (Å²) in [6.45, 7) is 0. The Bertz CT molecular complexity index is 1170. The van der Waals surface area contributed by atoms with Crippen LogP contribution in [0.2, 0.25) is 0 Å². The van der Waals surface area contributed by atoms with Crippen molar-refractivity contribution in [3.63, 3.8) is 0 Å². The molecule has 0 bridgehead atoms. The molecule has 4 aromatic rings. The van der Waals surface area contributed by atoms with Gasteiger partial charge in [0.15, 0.2) is 0 Å². The summed E-state index contributed by atoms with van der Waals surface area (Å²) in [7, 11) is -0.677. The quantitative estimate of drug-likeness (QED) is 0.383. The van der Waals surface area contributed by atoms with Crippen molar-refractivity contribution in [3.8, 4) is 0 Å². The minimum Gasteiger partial charge on any atom is -0.252 e. The van der Waals surface area contributed by atoms with E-state index in [2.05, 4.69) is 121 Å². The number of benzene rings is 4. The second kappa shape index (κ2) is 8.61. The van der Waals surface area contributed by atoms with E-state index < -0.39 is 7.92 Å². The molecular formula is C28H22NP. The Labute approximate surface area is 179 Å². The van der Waals surface area contributed by atoms with Crippen molar-refractivity contribution in [2.45, 2.75) is 6.42 Å². The lowest BCUT2D eigenvalue weighted by molar-refractivity contribution is 1.29. The molecular weight excluding hydrogens is 381 g/mol. The lowest BCUT2D eigenvalue weighted by Crippen LogP contribution is -2.21. The average Bonchev–Trinajstić information content (AvgIpc) is 2.82. The highest BCUT2D eigenvalue weighted by Gasteiger charge is 2.19. The van der Waals surface area contributed by atoms with Crippen LogP contribution in [-0.2, 0) is 6.42 Å². The van der Waals surface area contributed by atoms with Crippen LogP contribution in [0, 0.1) is 0 Å². The van der Waals surface area contributed by atoms with Crippen LogP contribution in [0.3, 0.4) is 0 Å². The van der Waals surface area contributed by atoms with E-state index >= 15 is 0 Å². The van der Waals surface area contributed by atoms with E-state index in [1.807, 2.05) is 0 Å². The average molecular weight is 403 g/mol. The summed E-state index contributed by atoms with van der Waals surface area (Å²) in [5.41, 5.74) is 4.80. The van der Waals surface area contributed by atoms with Gasteiger partial charge in [0.2, 0.25) is 0 Å². The zero-order valence-corrected chi connectivity index (χ0v) is 17.5. The molecule has 0 saturated carbocycles. The number of hydrogen-bond acceptors (Lipinski definition) is 1. The van der Waals surface area contributed by atoms with E-state index in [0.717, 1.165) is 17.8 Å². The van der Waals surface area contributed by atoms with Crippen LogP contribution in [0.1, 0.15) is 11.1 Å². The van der Waals surface area contributed by atoms with Crippen LogP contribution >= 0.6 is 7.92 Å². The lowest BCUT2D eigenvalue weighted by atomic mass is 9.96.